The van der Waals surface area contributed by atoms with Crippen LogP contribution in [0.4, 0.5) is 0 Å². The van der Waals surface area contributed by atoms with Crippen molar-refractivity contribution in [1.29, 1.82) is 0 Å². The highest BCUT2D eigenvalue weighted by Crippen LogP contribution is 2.16. The maximum Gasteiger partial charge on any atom is 0.0728 e. The molecular formula is C18H31NO. The van der Waals surface area contributed by atoms with Crippen molar-refractivity contribution in [3.63, 3.8) is 0 Å². The molecule has 0 aromatic heterocycles. The Morgan fingerprint density at radius 1 is 1.15 bits per heavy atom. The molecule has 2 nitrogen and oxygen atoms in total. The van der Waals surface area contributed by atoms with Crippen molar-refractivity contribution in [2.75, 3.05) is 13.2 Å². The minimum Gasteiger partial charge on any atom is -0.377 e. The highest BCUT2D eigenvalue weighted by atomic mass is 16.5. The summed E-state index contributed by atoms with van der Waals surface area (Å²) >= 11 is 0. The van der Waals surface area contributed by atoms with E-state index in [1.54, 1.807) is 0 Å². The first kappa shape index (κ1) is 17.2. The molecular weight excluding hydrogens is 246 g/mol. The molecule has 20 heavy (non-hydrogen) atoms. The summed E-state index contributed by atoms with van der Waals surface area (Å²) in [6.07, 6.45) is 3.56. The molecule has 2 unspecified atom stereocenters. The molecule has 1 aromatic carbocycles. The fraction of sp³-hybridized carbons (Fsp3) is 0.667. The Bertz CT molecular complexity index is 389. The molecule has 0 fully saturated rings. The maximum absolute atomic E-state index is 5.93. The predicted molar refractivity (Wildman–Crippen MR) is 87.4 cm³/mol. The van der Waals surface area contributed by atoms with Gasteiger partial charge in [-0.3, -0.25) is 0 Å². The zero-order chi connectivity index (χ0) is 15.0. The topological polar surface area (TPSA) is 21.3 Å². The van der Waals surface area contributed by atoms with Crippen LogP contribution >= 0.6 is 0 Å². The first-order valence-corrected chi connectivity index (χ1v) is 8.03. The Kier molecular flexibility index (Phi) is 7.86. The molecule has 0 aliphatic rings. The van der Waals surface area contributed by atoms with E-state index in [4.69, 9.17) is 4.74 Å². The van der Waals surface area contributed by atoms with Crippen LogP contribution in [-0.2, 0) is 11.2 Å². The Balaban J connectivity index is 2.84. The number of hydrogen-bond acceptors (Lipinski definition) is 2. The van der Waals surface area contributed by atoms with Crippen molar-refractivity contribution >= 4 is 0 Å². The van der Waals surface area contributed by atoms with Gasteiger partial charge in [-0.2, -0.15) is 0 Å². The molecule has 2 atom stereocenters. The van der Waals surface area contributed by atoms with Gasteiger partial charge in [0.25, 0.3) is 0 Å². The smallest absolute Gasteiger partial charge is 0.0728 e. The van der Waals surface area contributed by atoms with Gasteiger partial charge in [0.15, 0.2) is 0 Å². The average molecular weight is 277 g/mol. The molecule has 1 rings (SSSR count). The number of benzene rings is 1. The van der Waals surface area contributed by atoms with Gasteiger partial charge in [0, 0.05) is 12.6 Å². The van der Waals surface area contributed by atoms with E-state index in [0.717, 1.165) is 32.4 Å². The molecule has 0 amide bonds. The fourth-order valence-electron chi connectivity index (χ4n) is 2.65. The quantitative estimate of drug-likeness (QED) is 0.736. The number of nitrogens with one attached hydrogen (secondary N) is 1. The van der Waals surface area contributed by atoms with Crippen LogP contribution in [0.3, 0.4) is 0 Å². The van der Waals surface area contributed by atoms with Gasteiger partial charge < -0.3 is 10.1 Å². The summed E-state index contributed by atoms with van der Waals surface area (Å²) in [5.41, 5.74) is 4.16. The van der Waals surface area contributed by atoms with E-state index in [0.29, 0.717) is 12.1 Å². The average Bonchev–Trinajstić information content (AvgIpc) is 2.44. The normalized spacial score (nSPS) is 14.2. The van der Waals surface area contributed by atoms with Gasteiger partial charge in [-0.1, -0.05) is 37.6 Å². The summed E-state index contributed by atoms with van der Waals surface area (Å²) in [5, 5.41) is 3.68. The van der Waals surface area contributed by atoms with E-state index in [1.807, 2.05) is 0 Å². The zero-order valence-electron chi connectivity index (χ0n) is 13.8. The van der Waals surface area contributed by atoms with E-state index in [9.17, 15) is 0 Å². The standard InChI is InChI=1S/C18H31NO/c1-6-11-19-17(18(7-2)20-8-3)13-16-12-14(4)9-10-15(16)5/h9-10,12,17-19H,6-8,11,13H2,1-5H3. The molecule has 114 valence electrons. The van der Waals surface area contributed by atoms with Crippen LogP contribution in [-0.4, -0.2) is 25.3 Å². The second-order valence-corrected chi connectivity index (χ2v) is 5.60. The molecule has 1 N–H and O–H groups in total. The summed E-state index contributed by atoms with van der Waals surface area (Å²) in [7, 11) is 0. The SMILES string of the molecule is CCCNC(Cc1cc(C)ccc1C)C(CC)OCC. The first-order chi connectivity index (χ1) is 9.62. The second-order valence-electron chi connectivity index (χ2n) is 5.60. The molecule has 0 aliphatic heterocycles. The van der Waals surface area contributed by atoms with Crippen molar-refractivity contribution in [2.45, 2.75) is 66.0 Å². The summed E-state index contributed by atoms with van der Waals surface area (Å²) in [6, 6.07) is 7.13. The zero-order valence-corrected chi connectivity index (χ0v) is 13.8. The summed E-state index contributed by atoms with van der Waals surface area (Å²) in [4.78, 5) is 0. The highest BCUT2D eigenvalue weighted by molar-refractivity contribution is 5.31. The minimum atomic E-state index is 0.298. The third-order valence-electron chi connectivity index (χ3n) is 3.83. The highest BCUT2D eigenvalue weighted by Gasteiger charge is 2.20. The van der Waals surface area contributed by atoms with Gasteiger partial charge in [-0.05, 0) is 57.7 Å². The molecule has 2 heteroatoms. The molecule has 0 saturated carbocycles. The van der Waals surface area contributed by atoms with Gasteiger partial charge in [0.05, 0.1) is 6.10 Å². The molecule has 0 radical (unpaired) electrons. The van der Waals surface area contributed by atoms with E-state index < -0.39 is 0 Å². The Labute approximate surface area is 124 Å². The summed E-state index contributed by atoms with van der Waals surface area (Å²) in [5.74, 6) is 0. The van der Waals surface area contributed by atoms with E-state index in [-0.39, 0.29) is 0 Å². The Hall–Kier alpha value is -0.860. The summed E-state index contributed by atoms with van der Waals surface area (Å²) in [6.45, 7) is 12.7. The van der Waals surface area contributed by atoms with Crippen LogP contribution in [0.1, 0.15) is 50.3 Å². The monoisotopic (exact) mass is 277 g/mol. The van der Waals surface area contributed by atoms with Gasteiger partial charge in [-0.25, -0.2) is 0 Å². The lowest BCUT2D eigenvalue weighted by atomic mass is 9.95. The number of rotatable bonds is 9. The Morgan fingerprint density at radius 3 is 2.50 bits per heavy atom. The molecule has 0 heterocycles. The lowest BCUT2D eigenvalue weighted by molar-refractivity contribution is 0.0319. The van der Waals surface area contributed by atoms with Crippen LogP contribution < -0.4 is 5.32 Å². The third-order valence-corrected chi connectivity index (χ3v) is 3.83. The molecule has 0 spiro atoms. The van der Waals surface area contributed by atoms with Crippen LogP contribution in [0.2, 0.25) is 0 Å². The molecule has 1 aromatic rings. The molecule has 0 bridgehead atoms. The van der Waals surface area contributed by atoms with E-state index >= 15 is 0 Å². The largest absolute Gasteiger partial charge is 0.377 e. The molecule has 0 saturated heterocycles. The van der Waals surface area contributed by atoms with E-state index in [2.05, 4.69) is 58.1 Å². The predicted octanol–water partition coefficient (Wildman–Crippen LogP) is 4.03. The fourth-order valence-corrected chi connectivity index (χ4v) is 2.65. The van der Waals surface area contributed by atoms with Crippen LogP contribution in [0.15, 0.2) is 18.2 Å². The van der Waals surface area contributed by atoms with Gasteiger partial charge in [-0.15, -0.1) is 0 Å². The first-order valence-electron chi connectivity index (χ1n) is 8.03. The summed E-state index contributed by atoms with van der Waals surface area (Å²) < 4.78 is 5.93. The van der Waals surface area contributed by atoms with Crippen molar-refractivity contribution < 1.29 is 4.74 Å². The van der Waals surface area contributed by atoms with Crippen LogP contribution in [0.5, 0.6) is 0 Å². The Morgan fingerprint density at radius 2 is 1.90 bits per heavy atom. The number of hydrogen-bond donors (Lipinski definition) is 1. The van der Waals surface area contributed by atoms with E-state index in [1.165, 1.54) is 16.7 Å². The molecule has 0 aliphatic carbocycles. The van der Waals surface area contributed by atoms with Gasteiger partial charge >= 0.3 is 0 Å². The van der Waals surface area contributed by atoms with Gasteiger partial charge in [0.1, 0.15) is 0 Å². The van der Waals surface area contributed by atoms with Crippen LogP contribution in [0.25, 0.3) is 0 Å². The number of ether oxygens (including phenoxy) is 1. The van der Waals surface area contributed by atoms with Crippen molar-refractivity contribution in [3.05, 3.63) is 34.9 Å². The second kappa shape index (κ2) is 9.15. The van der Waals surface area contributed by atoms with Gasteiger partial charge in [0.2, 0.25) is 0 Å². The minimum absolute atomic E-state index is 0.298. The maximum atomic E-state index is 5.93. The van der Waals surface area contributed by atoms with Crippen molar-refractivity contribution in [2.24, 2.45) is 0 Å². The lowest BCUT2D eigenvalue weighted by Gasteiger charge is -2.28. The van der Waals surface area contributed by atoms with Crippen molar-refractivity contribution in [1.82, 2.24) is 5.32 Å². The van der Waals surface area contributed by atoms with Crippen molar-refractivity contribution in [3.8, 4) is 0 Å². The third kappa shape index (κ3) is 5.26. The van der Waals surface area contributed by atoms with Crippen LogP contribution in [0, 0.1) is 13.8 Å². The lowest BCUT2D eigenvalue weighted by Crippen LogP contribution is -2.43. The number of aryl methyl sites for hydroxylation is 2.